The van der Waals surface area contributed by atoms with Gasteiger partial charge in [0.25, 0.3) is 0 Å². The Morgan fingerprint density at radius 3 is 2.58 bits per heavy atom. The molecule has 1 saturated carbocycles. The van der Waals surface area contributed by atoms with Gasteiger partial charge in [-0.15, -0.1) is 0 Å². The van der Waals surface area contributed by atoms with E-state index in [9.17, 15) is 0 Å². The summed E-state index contributed by atoms with van der Waals surface area (Å²) in [5.41, 5.74) is 5.96. The van der Waals surface area contributed by atoms with Crippen molar-refractivity contribution in [1.29, 1.82) is 0 Å². The molecule has 1 unspecified atom stereocenters. The largest absolute Gasteiger partial charge is 0.327 e. The second kappa shape index (κ2) is 4.83. The van der Waals surface area contributed by atoms with Crippen molar-refractivity contribution in [2.24, 2.45) is 17.6 Å². The molecule has 3 N–H and O–H groups in total. The number of hydrogen-bond donors (Lipinski definition) is 2. The third-order valence-electron chi connectivity index (χ3n) is 2.43. The zero-order valence-corrected chi connectivity index (χ0v) is 8.34. The van der Waals surface area contributed by atoms with E-state index >= 15 is 0 Å². The normalized spacial score (nSPS) is 20.0. The monoisotopic (exact) mass is 170 g/mol. The van der Waals surface area contributed by atoms with Crippen LogP contribution in [-0.4, -0.2) is 19.1 Å². The Hall–Kier alpha value is -0.0800. The Bertz CT molecular complexity index is 119. The maximum atomic E-state index is 5.96. The van der Waals surface area contributed by atoms with E-state index in [2.05, 4.69) is 19.2 Å². The smallest absolute Gasteiger partial charge is 0.00792 e. The molecule has 0 amide bonds. The topological polar surface area (TPSA) is 38.0 Å². The van der Waals surface area contributed by atoms with Crippen molar-refractivity contribution in [1.82, 2.24) is 5.32 Å². The third kappa shape index (κ3) is 4.07. The van der Waals surface area contributed by atoms with Crippen molar-refractivity contribution < 1.29 is 0 Å². The van der Waals surface area contributed by atoms with Gasteiger partial charge in [-0.3, -0.25) is 0 Å². The number of nitrogens with one attached hydrogen (secondary N) is 1. The molecule has 0 spiro atoms. The van der Waals surface area contributed by atoms with Gasteiger partial charge in [0, 0.05) is 6.04 Å². The summed E-state index contributed by atoms with van der Waals surface area (Å²) in [5, 5.41) is 3.42. The van der Waals surface area contributed by atoms with Gasteiger partial charge in [0.15, 0.2) is 0 Å². The summed E-state index contributed by atoms with van der Waals surface area (Å²) in [5.74, 6) is 1.60. The fourth-order valence-corrected chi connectivity index (χ4v) is 1.42. The standard InChI is InChI=1S/C10H22N2/c1-8(2)7-12-6-5-10(11)9-3-4-9/h8-10,12H,3-7,11H2,1-2H3. The molecule has 0 aromatic carbocycles. The summed E-state index contributed by atoms with van der Waals surface area (Å²) >= 11 is 0. The molecule has 0 aliphatic heterocycles. The summed E-state index contributed by atoms with van der Waals surface area (Å²) in [6.45, 7) is 6.68. The van der Waals surface area contributed by atoms with Crippen molar-refractivity contribution in [3.05, 3.63) is 0 Å². The van der Waals surface area contributed by atoms with Crippen LogP contribution >= 0.6 is 0 Å². The first-order chi connectivity index (χ1) is 5.70. The molecule has 0 heterocycles. The van der Waals surface area contributed by atoms with Crippen LogP contribution in [0.3, 0.4) is 0 Å². The van der Waals surface area contributed by atoms with Gasteiger partial charge in [0.1, 0.15) is 0 Å². The molecule has 2 nitrogen and oxygen atoms in total. The Morgan fingerprint density at radius 1 is 1.42 bits per heavy atom. The first kappa shape index (κ1) is 10.0. The highest BCUT2D eigenvalue weighted by atomic mass is 14.9. The van der Waals surface area contributed by atoms with Gasteiger partial charge in [-0.25, -0.2) is 0 Å². The number of nitrogens with two attached hydrogens (primary N) is 1. The van der Waals surface area contributed by atoms with Crippen LogP contribution in [0.25, 0.3) is 0 Å². The first-order valence-corrected chi connectivity index (χ1v) is 5.16. The maximum Gasteiger partial charge on any atom is 0.00792 e. The summed E-state index contributed by atoms with van der Waals surface area (Å²) in [6.07, 6.45) is 3.88. The van der Waals surface area contributed by atoms with Crippen molar-refractivity contribution in [3.63, 3.8) is 0 Å². The molecule has 1 rings (SSSR count). The quantitative estimate of drug-likeness (QED) is 0.591. The van der Waals surface area contributed by atoms with E-state index in [1.54, 1.807) is 0 Å². The van der Waals surface area contributed by atoms with E-state index in [1.807, 2.05) is 0 Å². The van der Waals surface area contributed by atoms with Gasteiger partial charge < -0.3 is 11.1 Å². The van der Waals surface area contributed by atoms with Crippen molar-refractivity contribution in [2.45, 2.75) is 39.2 Å². The van der Waals surface area contributed by atoms with E-state index < -0.39 is 0 Å². The average Bonchev–Trinajstić information content (AvgIpc) is 2.79. The fourth-order valence-electron chi connectivity index (χ4n) is 1.42. The Labute approximate surface area is 75.9 Å². The molecule has 0 saturated heterocycles. The highest BCUT2D eigenvalue weighted by Gasteiger charge is 2.27. The molecule has 72 valence electrons. The molecule has 1 fully saturated rings. The van der Waals surface area contributed by atoms with Crippen LogP contribution in [0.1, 0.15) is 33.1 Å². The van der Waals surface area contributed by atoms with Crippen LogP contribution in [0, 0.1) is 11.8 Å². The molecule has 12 heavy (non-hydrogen) atoms. The highest BCUT2D eigenvalue weighted by molar-refractivity contribution is 4.84. The van der Waals surface area contributed by atoms with Gasteiger partial charge in [0.05, 0.1) is 0 Å². The van der Waals surface area contributed by atoms with Crippen LogP contribution in [-0.2, 0) is 0 Å². The lowest BCUT2D eigenvalue weighted by atomic mass is 10.1. The maximum absolute atomic E-state index is 5.96. The van der Waals surface area contributed by atoms with E-state index in [0.717, 1.165) is 31.3 Å². The molecular formula is C10H22N2. The van der Waals surface area contributed by atoms with Gasteiger partial charge in [-0.2, -0.15) is 0 Å². The molecule has 1 aliphatic carbocycles. The van der Waals surface area contributed by atoms with E-state index in [4.69, 9.17) is 5.73 Å². The van der Waals surface area contributed by atoms with E-state index in [0.29, 0.717) is 6.04 Å². The van der Waals surface area contributed by atoms with Crippen molar-refractivity contribution in [2.75, 3.05) is 13.1 Å². The van der Waals surface area contributed by atoms with Crippen LogP contribution in [0.5, 0.6) is 0 Å². The molecule has 2 heteroatoms. The van der Waals surface area contributed by atoms with Crippen LogP contribution in [0.2, 0.25) is 0 Å². The van der Waals surface area contributed by atoms with Crippen LogP contribution < -0.4 is 11.1 Å². The first-order valence-electron chi connectivity index (χ1n) is 5.16. The van der Waals surface area contributed by atoms with Crippen LogP contribution in [0.4, 0.5) is 0 Å². The Balaban J connectivity index is 1.87. The zero-order chi connectivity index (χ0) is 8.97. The molecule has 0 aromatic heterocycles. The van der Waals surface area contributed by atoms with Crippen molar-refractivity contribution >= 4 is 0 Å². The van der Waals surface area contributed by atoms with Gasteiger partial charge in [0.2, 0.25) is 0 Å². The summed E-state index contributed by atoms with van der Waals surface area (Å²) in [4.78, 5) is 0. The zero-order valence-electron chi connectivity index (χ0n) is 8.34. The number of rotatable bonds is 6. The molecule has 0 radical (unpaired) electrons. The van der Waals surface area contributed by atoms with Crippen molar-refractivity contribution in [3.8, 4) is 0 Å². The molecular weight excluding hydrogens is 148 g/mol. The van der Waals surface area contributed by atoms with Gasteiger partial charge in [-0.1, -0.05) is 13.8 Å². The second-order valence-corrected chi connectivity index (χ2v) is 4.39. The van der Waals surface area contributed by atoms with Crippen LogP contribution in [0.15, 0.2) is 0 Å². The fraction of sp³-hybridized carbons (Fsp3) is 1.00. The summed E-state index contributed by atoms with van der Waals surface area (Å²) in [6, 6.07) is 0.463. The molecule has 0 aromatic rings. The predicted octanol–water partition coefficient (Wildman–Crippen LogP) is 1.36. The van der Waals surface area contributed by atoms with Gasteiger partial charge in [-0.05, 0) is 44.2 Å². The molecule has 1 atom stereocenters. The predicted molar refractivity (Wildman–Crippen MR) is 53.0 cm³/mol. The Morgan fingerprint density at radius 2 is 2.08 bits per heavy atom. The van der Waals surface area contributed by atoms with E-state index in [-0.39, 0.29) is 0 Å². The lowest BCUT2D eigenvalue weighted by molar-refractivity contribution is 0.489. The minimum atomic E-state index is 0.463. The Kier molecular flexibility index (Phi) is 4.02. The molecule has 1 aliphatic rings. The average molecular weight is 170 g/mol. The second-order valence-electron chi connectivity index (χ2n) is 4.39. The number of hydrogen-bond acceptors (Lipinski definition) is 2. The lowest BCUT2D eigenvalue weighted by Gasteiger charge is -2.11. The highest BCUT2D eigenvalue weighted by Crippen LogP contribution is 2.32. The van der Waals surface area contributed by atoms with Gasteiger partial charge >= 0.3 is 0 Å². The van der Waals surface area contributed by atoms with E-state index in [1.165, 1.54) is 12.8 Å². The minimum Gasteiger partial charge on any atom is -0.327 e. The minimum absolute atomic E-state index is 0.463. The molecule has 0 bridgehead atoms. The third-order valence-corrected chi connectivity index (χ3v) is 2.43. The summed E-state index contributed by atoms with van der Waals surface area (Å²) < 4.78 is 0. The lowest BCUT2D eigenvalue weighted by Crippen LogP contribution is -2.29. The summed E-state index contributed by atoms with van der Waals surface area (Å²) in [7, 11) is 0. The SMILES string of the molecule is CC(C)CNCCC(N)C1CC1.